The van der Waals surface area contributed by atoms with Crippen LogP contribution in [0.5, 0.6) is 5.75 Å². The molecule has 112 valence electrons. The summed E-state index contributed by atoms with van der Waals surface area (Å²) in [5.41, 5.74) is 3.12. The van der Waals surface area contributed by atoms with Crippen LogP contribution in [0.15, 0.2) is 42.5 Å². The normalized spacial score (nSPS) is 11.5. The second kappa shape index (κ2) is 6.20. The molecule has 0 aliphatic heterocycles. The molecule has 0 aliphatic rings. The molecular weight excluding hydrogens is 277 g/mol. The molecule has 0 N–H and O–H groups in total. The van der Waals surface area contributed by atoms with E-state index in [0.29, 0.717) is 17.5 Å². The van der Waals surface area contributed by atoms with Crippen molar-refractivity contribution in [1.29, 1.82) is 0 Å². The Hall–Kier alpha value is -1.97. The Kier molecular flexibility index (Phi) is 4.56. The Labute approximate surface area is 122 Å². The van der Waals surface area contributed by atoms with Crippen LogP contribution in [0.3, 0.4) is 0 Å². The fraction of sp³-hybridized carbons (Fsp3) is 0.294. The molecule has 2 aromatic rings. The highest BCUT2D eigenvalue weighted by atomic mass is 19.4. The van der Waals surface area contributed by atoms with Gasteiger partial charge >= 0.3 is 6.36 Å². The number of aryl methyl sites for hydroxylation is 2. The summed E-state index contributed by atoms with van der Waals surface area (Å²) in [6.45, 7) is 3.92. The quantitative estimate of drug-likeness (QED) is 0.736. The lowest BCUT2D eigenvalue weighted by Crippen LogP contribution is -2.17. The number of halogens is 3. The van der Waals surface area contributed by atoms with Crippen LogP contribution in [0.4, 0.5) is 13.2 Å². The lowest BCUT2D eigenvalue weighted by Gasteiger charge is -2.15. The number of ether oxygens (including phenoxy) is 1. The zero-order valence-corrected chi connectivity index (χ0v) is 12.0. The van der Waals surface area contributed by atoms with Crippen LogP contribution in [0.25, 0.3) is 11.1 Å². The number of hydrogen-bond donors (Lipinski definition) is 0. The molecule has 0 bridgehead atoms. The van der Waals surface area contributed by atoms with Crippen LogP contribution < -0.4 is 4.74 Å². The molecule has 0 fully saturated rings. The van der Waals surface area contributed by atoms with Gasteiger partial charge in [-0.2, -0.15) is 0 Å². The zero-order valence-electron chi connectivity index (χ0n) is 12.0. The van der Waals surface area contributed by atoms with E-state index in [9.17, 15) is 13.2 Å². The summed E-state index contributed by atoms with van der Waals surface area (Å²) in [6.07, 6.45) is -3.14. The topological polar surface area (TPSA) is 9.23 Å². The van der Waals surface area contributed by atoms with Crippen LogP contribution in [-0.4, -0.2) is 6.36 Å². The second-order valence-corrected chi connectivity index (χ2v) is 4.78. The Morgan fingerprint density at radius 3 is 1.95 bits per heavy atom. The molecule has 2 rings (SSSR count). The van der Waals surface area contributed by atoms with E-state index in [0.717, 1.165) is 17.5 Å². The van der Waals surface area contributed by atoms with Crippen LogP contribution in [0.2, 0.25) is 0 Å². The van der Waals surface area contributed by atoms with E-state index in [4.69, 9.17) is 0 Å². The van der Waals surface area contributed by atoms with Crippen LogP contribution in [0, 0.1) is 0 Å². The van der Waals surface area contributed by atoms with Gasteiger partial charge in [0, 0.05) is 5.56 Å². The van der Waals surface area contributed by atoms with Crippen molar-refractivity contribution >= 4 is 0 Å². The van der Waals surface area contributed by atoms with Gasteiger partial charge in [0.1, 0.15) is 5.75 Å². The SMILES string of the molecule is CCc1ccc(-c2ccc(CC)cc2OC(F)(F)F)cc1. The van der Waals surface area contributed by atoms with Gasteiger partial charge in [0.2, 0.25) is 0 Å². The van der Waals surface area contributed by atoms with Gasteiger partial charge in [0.05, 0.1) is 0 Å². The molecular formula is C17H17F3O. The van der Waals surface area contributed by atoms with Crippen molar-refractivity contribution in [1.82, 2.24) is 0 Å². The summed E-state index contributed by atoms with van der Waals surface area (Å²) >= 11 is 0. The minimum Gasteiger partial charge on any atom is -0.405 e. The largest absolute Gasteiger partial charge is 0.573 e. The Bertz CT molecular complexity index is 600. The predicted molar refractivity (Wildman–Crippen MR) is 77.3 cm³/mol. The molecule has 4 heteroatoms. The monoisotopic (exact) mass is 294 g/mol. The Morgan fingerprint density at radius 2 is 1.43 bits per heavy atom. The van der Waals surface area contributed by atoms with Gasteiger partial charge < -0.3 is 4.74 Å². The zero-order chi connectivity index (χ0) is 15.5. The average molecular weight is 294 g/mol. The van der Waals surface area contributed by atoms with Crippen molar-refractivity contribution in [2.45, 2.75) is 33.1 Å². The van der Waals surface area contributed by atoms with Gasteiger partial charge in [0.25, 0.3) is 0 Å². The first-order valence-electron chi connectivity index (χ1n) is 6.91. The molecule has 0 saturated heterocycles. The minimum atomic E-state index is -4.69. The summed E-state index contributed by atoms with van der Waals surface area (Å²) < 4.78 is 41.9. The van der Waals surface area contributed by atoms with E-state index in [2.05, 4.69) is 4.74 Å². The van der Waals surface area contributed by atoms with Gasteiger partial charge in [-0.25, -0.2) is 0 Å². The average Bonchev–Trinajstić information content (AvgIpc) is 2.45. The van der Waals surface area contributed by atoms with Gasteiger partial charge in [-0.3, -0.25) is 0 Å². The Morgan fingerprint density at radius 1 is 0.857 bits per heavy atom. The van der Waals surface area contributed by atoms with Crippen molar-refractivity contribution in [2.75, 3.05) is 0 Å². The first-order valence-corrected chi connectivity index (χ1v) is 6.91. The number of rotatable bonds is 4. The third-order valence-electron chi connectivity index (χ3n) is 3.35. The molecule has 0 aliphatic carbocycles. The molecule has 2 aromatic carbocycles. The minimum absolute atomic E-state index is 0.147. The molecule has 0 spiro atoms. The maximum atomic E-state index is 12.6. The van der Waals surface area contributed by atoms with E-state index in [1.54, 1.807) is 6.07 Å². The second-order valence-electron chi connectivity index (χ2n) is 4.78. The molecule has 0 aromatic heterocycles. The number of benzene rings is 2. The third kappa shape index (κ3) is 4.00. The fourth-order valence-corrected chi connectivity index (χ4v) is 2.15. The van der Waals surface area contributed by atoms with E-state index >= 15 is 0 Å². The summed E-state index contributed by atoms with van der Waals surface area (Å²) in [7, 11) is 0. The summed E-state index contributed by atoms with van der Waals surface area (Å²) in [4.78, 5) is 0. The summed E-state index contributed by atoms with van der Waals surface area (Å²) in [5, 5.41) is 0. The molecule has 0 saturated carbocycles. The number of alkyl halides is 3. The molecule has 0 atom stereocenters. The smallest absolute Gasteiger partial charge is 0.405 e. The van der Waals surface area contributed by atoms with E-state index in [1.807, 2.05) is 44.2 Å². The fourth-order valence-electron chi connectivity index (χ4n) is 2.15. The van der Waals surface area contributed by atoms with E-state index in [-0.39, 0.29) is 5.75 Å². The highest BCUT2D eigenvalue weighted by Gasteiger charge is 2.32. The molecule has 1 nitrogen and oxygen atoms in total. The van der Waals surface area contributed by atoms with Crippen LogP contribution >= 0.6 is 0 Å². The van der Waals surface area contributed by atoms with Gasteiger partial charge in [-0.05, 0) is 35.6 Å². The molecule has 0 heterocycles. The lowest BCUT2D eigenvalue weighted by molar-refractivity contribution is -0.274. The molecule has 0 radical (unpaired) electrons. The highest BCUT2D eigenvalue weighted by Crippen LogP contribution is 2.35. The van der Waals surface area contributed by atoms with Crippen LogP contribution in [0.1, 0.15) is 25.0 Å². The van der Waals surface area contributed by atoms with Gasteiger partial charge in [0.15, 0.2) is 0 Å². The predicted octanol–water partition coefficient (Wildman–Crippen LogP) is 5.38. The maximum absolute atomic E-state index is 12.6. The summed E-state index contributed by atoms with van der Waals surface area (Å²) in [5.74, 6) is -0.147. The first-order chi connectivity index (χ1) is 9.93. The first kappa shape index (κ1) is 15.4. The van der Waals surface area contributed by atoms with Crippen molar-refractivity contribution in [3.63, 3.8) is 0 Å². The maximum Gasteiger partial charge on any atom is 0.573 e. The van der Waals surface area contributed by atoms with E-state index in [1.165, 1.54) is 6.07 Å². The molecule has 0 unspecified atom stereocenters. The molecule has 0 amide bonds. The van der Waals surface area contributed by atoms with Crippen molar-refractivity contribution in [3.8, 4) is 16.9 Å². The van der Waals surface area contributed by atoms with Crippen LogP contribution in [-0.2, 0) is 12.8 Å². The van der Waals surface area contributed by atoms with Crippen molar-refractivity contribution in [2.24, 2.45) is 0 Å². The standard InChI is InChI=1S/C17H17F3O/c1-3-12-5-8-14(9-6-12)15-10-7-13(4-2)11-16(15)21-17(18,19)20/h5-11H,3-4H2,1-2H3. The van der Waals surface area contributed by atoms with Crippen molar-refractivity contribution < 1.29 is 17.9 Å². The molecule has 21 heavy (non-hydrogen) atoms. The van der Waals surface area contributed by atoms with Crippen molar-refractivity contribution in [3.05, 3.63) is 53.6 Å². The summed E-state index contributed by atoms with van der Waals surface area (Å²) in [6, 6.07) is 12.4. The third-order valence-corrected chi connectivity index (χ3v) is 3.35. The lowest BCUT2D eigenvalue weighted by atomic mass is 10.00. The Balaban J connectivity index is 2.45. The highest BCUT2D eigenvalue weighted by molar-refractivity contribution is 5.71. The van der Waals surface area contributed by atoms with Gasteiger partial charge in [-0.1, -0.05) is 50.2 Å². The van der Waals surface area contributed by atoms with Gasteiger partial charge in [-0.15, -0.1) is 13.2 Å². The van der Waals surface area contributed by atoms with E-state index < -0.39 is 6.36 Å². The number of hydrogen-bond acceptors (Lipinski definition) is 1.